The molecule has 2 aromatic rings. The Morgan fingerprint density at radius 3 is 2.88 bits per heavy atom. The summed E-state index contributed by atoms with van der Waals surface area (Å²) in [5, 5.41) is 10.9. The maximum absolute atomic E-state index is 12.5. The van der Waals surface area contributed by atoms with E-state index in [4.69, 9.17) is 14.2 Å². The third-order valence-corrected chi connectivity index (χ3v) is 5.38. The van der Waals surface area contributed by atoms with Gasteiger partial charge in [0.1, 0.15) is 30.3 Å². The third-order valence-electron chi connectivity index (χ3n) is 5.38. The van der Waals surface area contributed by atoms with Gasteiger partial charge in [-0.05, 0) is 61.8 Å². The van der Waals surface area contributed by atoms with E-state index in [1.54, 1.807) is 9.47 Å². The van der Waals surface area contributed by atoms with Gasteiger partial charge in [-0.15, -0.1) is 0 Å². The quantitative estimate of drug-likeness (QED) is 0.522. The van der Waals surface area contributed by atoms with E-state index >= 15 is 0 Å². The molecule has 10 nitrogen and oxygen atoms in total. The second kappa shape index (κ2) is 8.68. The summed E-state index contributed by atoms with van der Waals surface area (Å²) in [5.74, 6) is 0.519. The maximum Gasteiger partial charge on any atom is 0.414 e. The number of ether oxygens (including phenoxy) is 3. The molecule has 10 heteroatoms. The molecule has 0 saturated heterocycles. The van der Waals surface area contributed by atoms with Crippen LogP contribution in [0.4, 0.5) is 10.6 Å². The van der Waals surface area contributed by atoms with Gasteiger partial charge in [0.15, 0.2) is 0 Å². The molecule has 172 valence electrons. The number of carbonyl (C=O) groups excluding carboxylic acids is 1. The van der Waals surface area contributed by atoms with Crippen LogP contribution < -0.4 is 9.47 Å². The number of nitro groups is 1. The molecule has 32 heavy (non-hydrogen) atoms. The van der Waals surface area contributed by atoms with Crippen LogP contribution in [-0.4, -0.2) is 50.3 Å². The first-order chi connectivity index (χ1) is 15.2. The second-order valence-electron chi connectivity index (χ2n) is 9.11. The molecular weight excluding hydrogens is 416 g/mol. The van der Waals surface area contributed by atoms with E-state index in [9.17, 15) is 14.9 Å². The predicted molar refractivity (Wildman–Crippen MR) is 115 cm³/mol. The number of aryl methyl sites for hydroxylation is 2. The molecule has 1 unspecified atom stereocenters. The molecule has 2 aliphatic heterocycles. The number of benzene rings is 1. The highest BCUT2D eigenvalue weighted by Crippen LogP contribution is 2.27. The van der Waals surface area contributed by atoms with Crippen molar-refractivity contribution in [3.63, 3.8) is 0 Å². The summed E-state index contributed by atoms with van der Waals surface area (Å²) in [5.41, 5.74) is 1.72. The zero-order chi connectivity index (χ0) is 22.9. The maximum atomic E-state index is 12.5. The first-order valence-electron chi connectivity index (χ1n) is 10.8. The lowest BCUT2D eigenvalue weighted by Gasteiger charge is -2.26. The Hall–Kier alpha value is -3.30. The van der Waals surface area contributed by atoms with Crippen molar-refractivity contribution >= 4 is 11.9 Å². The Labute approximate surface area is 186 Å². The number of hydrogen-bond donors (Lipinski definition) is 0. The Balaban J connectivity index is 1.36. The molecule has 0 aliphatic carbocycles. The van der Waals surface area contributed by atoms with Gasteiger partial charge in [-0.25, -0.2) is 4.79 Å². The molecule has 0 fully saturated rings. The van der Waals surface area contributed by atoms with E-state index < -0.39 is 10.5 Å². The molecule has 3 heterocycles. The number of hydrogen-bond acceptors (Lipinski definition) is 7. The van der Waals surface area contributed by atoms with Crippen molar-refractivity contribution < 1.29 is 23.9 Å². The minimum Gasteiger partial charge on any atom is -0.490 e. The van der Waals surface area contributed by atoms with E-state index in [0.717, 1.165) is 29.7 Å². The average Bonchev–Trinajstić information content (AvgIpc) is 3.03. The minimum atomic E-state index is -0.528. The monoisotopic (exact) mass is 444 g/mol. The molecule has 1 aromatic heterocycles. The Morgan fingerprint density at radius 1 is 1.31 bits per heavy atom. The minimum absolute atomic E-state index is 0.215. The molecule has 1 atom stereocenters. The SMILES string of the molecule is CC(C)(C)OC(=O)N1CCCc2cc(OCC3CCn4cc([N+](=O)[O-])nc4O3)ccc2C1. The van der Waals surface area contributed by atoms with Crippen LogP contribution in [0.15, 0.2) is 24.4 Å². The zero-order valence-corrected chi connectivity index (χ0v) is 18.6. The lowest BCUT2D eigenvalue weighted by atomic mass is 10.0. The third kappa shape index (κ3) is 5.12. The van der Waals surface area contributed by atoms with E-state index in [1.807, 2.05) is 39.0 Å². The fourth-order valence-electron chi connectivity index (χ4n) is 3.83. The first-order valence-corrected chi connectivity index (χ1v) is 10.8. The molecule has 0 saturated carbocycles. The highest BCUT2D eigenvalue weighted by molar-refractivity contribution is 5.68. The van der Waals surface area contributed by atoms with Gasteiger partial charge in [0.25, 0.3) is 0 Å². The zero-order valence-electron chi connectivity index (χ0n) is 18.6. The number of aromatic nitrogens is 2. The van der Waals surface area contributed by atoms with Crippen molar-refractivity contribution in [2.24, 2.45) is 0 Å². The summed E-state index contributed by atoms with van der Waals surface area (Å²) in [6.45, 7) is 7.67. The number of nitrogens with zero attached hydrogens (tertiary/aromatic N) is 4. The van der Waals surface area contributed by atoms with Crippen molar-refractivity contribution in [2.45, 2.75) is 64.8 Å². The Bertz CT molecular complexity index is 1010. The number of rotatable bonds is 4. The molecule has 0 bridgehead atoms. The lowest BCUT2D eigenvalue weighted by molar-refractivity contribution is -0.389. The van der Waals surface area contributed by atoms with Crippen LogP contribution in [0, 0.1) is 10.1 Å². The van der Waals surface area contributed by atoms with E-state index in [0.29, 0.717) is 32.7 Å². The highest BCUT2D eigenvalue weighted by atomic mass is 16.6. The topological polar surface area (TPSA) is 109 Å². The van der Waals surface area contributed by atoms with Crippen LogP contribution in [-0.2, 0) is 24.2 Å². The highest BCUT2D eigenvalue weighted by Gasteiger charge is 2.29. The van der Waals surface area contributed by atoms with Crippen molar-refractivity contribution in [1.82, 2.24) is 14.5 Å². The summed E-state index contributed by atoms with van der Waals surface area (Å²) in [6, 6.07) is 6.15. The summed E-state index contributed by atoms with van der Waals surface area (Å²) in [7, 11) is 0. The van der Waals surface area contributed by atoms with E-state index in [-0.39, 0.29) is 24.0 Å². The lowest BCUT2D eigenvalue weighted by Crippen LogP contribution is -2.36. The number of imidazole rings is 1. The fourth-order valence-corrected chi connectivity index (χ4v) is 3.83. The molecule has 0 radical (unpaired) electrons. The van der Waals surface area contributed by atoms with Gasteiger partial charge >= 0.3 is 17.9 Å². The van der Waals surface area contributed by atoms with Crippen LogP contribution in [0.1, 0.15) is 44.7 Å². The van der Waals surface area contributed by atoms with Crippen LogP contribution in [0.3, 0.4) is 0 Å². The van der Waals surface area contributed by atoms with Crippen molar-refractivity contribution in [2.75, 3.05) is 13.2 Å². The smallest absolute Gasteiger partial charge is 0.414 e. The van der Waals surface area contributed by atoms with Crippen LogP contribution in [0.25, 0.3) is 0 Å². The normalized spacial score (nSPS) is 18.1. The molecule has 1 amide bonds. The largest absolute Gasteiger partial charge is 0.490 e. The Morgan fingerprint density at radius 2 is 2.12 bits per heavy atom. The van der Waals surface area contributed by atoms with Gasteiger partial charge in [0, 0.05) is 31.0 Å². The number of carbonyl (C=O) groups is 1. The van der Waals surface area contributed by atoms with E-state index in [1.165, 1.54) is 6.20 Å². The molecular formula is C22H28N4O6. The Kier molecular flexibility index (Phi) is 5.94. The summed E-state index contributed by atoms with van der Waals surface area (Å²) >= 11 is 0. The van der Waals surface area contributed by atoms with Gasteiger partial charge in [0.05, 0.1) is 0 Å². The molecule has 2 aliphatic rings. The van der Waals surface area contributed by atoms with Gasteiger partial charge in [-0.3, -0.25) is 4.57 Å². The number of fused-ring (bicyclic) bond motifs is 2. The molecule has 1 aromatic carbocycles. The standard InChI is InChI=1S/C22H28N4O6/c1-22(2,3)32-21(27)25-9-4-5-15-11-17(7-6-16(15)12-25)30-14-18-8-10-24-13-19(26(28)29)23-20(24)31-18/h6-7,11,13,18H,4-5,8-10,12,14H2,1-3H3. The van der Waals surface area contributed by atoms with Crippen molar-refractivity contribution in [3.05, 3.63) is 45.6 Å². The summed E-state index contributed by atoms with van der Waals surface area (Å²) in [4.78, 5) is 28.5. The molecule has 4 rings (SSSR count). The van der Waals surface area contributed by atoms with Gasteiger partial charge in [-0.1, -0.05) is 6.07 Å². The van der Waals surface area contributed by atoms with Crippen LogP contribution in [0.5, 0.6) is 11.8 Å². The van der Waals surface area contributed by atoms with Crippen LogP contribution >= 0.6 is 0 Å². The van der Waals surface area contributed by atoms with Gasteiger partial charge < -0.3 is 29.2 Å². The van der Waals surface area contributed by atoms with Gasteiger partial charge in [0.2, 0.25) is 0 Å². The summed E-state index contributed by atoms with van der Waals surface area (Å²) in [6.07, 6.45) is 3.25. The second-order valence-corrected chi connectivity index (χ2v) is 9.11. The van der Waals surface area contributed by atoms with E-state index in [2.05, 4.69) is 4.98 Å². The predicted octanol–water partition coefficient (Wildman–Crippen LogP) is 3.70. The average molecular weight is 444 g/mol. The fraction of sp³-hybridized carbons (Fsp3) is 0.545. The first kappa shape index (κ1) is 21.9. The van der Waals surface area contributed by atoms with Crippen molar-refractivity contribution in [3.8, 4) is 11.8 Å². The number of amides is 1. The summed E-state index contributed by atoms with van der Waals surface area (Å²) < 4.78 is 18.9. The van der Waals surface area contributed by atoms with Crippen molar-refractivity contribution in [1.29, 1.82) is 0 Å². The van der Waals surface area contributed by atoms with Gasteiger partial charge in [-0.2, -0.15) is 0 Å². The molecule has 0 spiro atoms. The van der Waals surface area contributed by atoms with Crippen LogP contribution in [0.2, 0.25) is 0 Å². The molecule has 0 N–H and O–H groups in total.